The summed E-state index contributed by atoms with van der Waals surface area (Å²) >= 11 is 3.28. The molecule has 1 heterocycles. The lowest BCUT2D eigenvalue weighted by molar-refractivity contribution is 0.288. The molecule has 0 aliphatic rings. The second-order valence-corrected chi connectivity index (χ2v) is 4.64. The van der Waals surface area contributed by atoms with Crippen molar-refractivity contribution in [1.82, 2.24) is 0 Å². The van der Waals surface area contributed by atoms with Gasteiger partial charge in [-0.15, -0.1) is 0 Å². The maximum absolute atomic E-state index is 6.05. The zero-order valence-electron chi connectivity index (χ0n) is 10.9. The van der Waals surface area contributed by atoms with Crippen LogP contribution in [0.15, 0.2) is 33.4 Å². The molecule has 0 saturated carbocycles. The van der Waals surface area contributed by atoms with E-state index in [-0.39, 0.29) is 0 Å². The van der Waals surface area contributed by atoms with Gasteiger partial charge in [0.2, 0.25) is 0 Å². The van der Waals surface area contributed by atoms with E-state index >= 15 is 0 Å². The van der Waals surface area contributed by atoms with Gasteiger partial charge in [0.15, 0.2) is 16.2 Å². The van der Waals surface area contributed by atoms with Crippen LogP contribution in [-0.4, -0.2) is 13.2 Å². The third-order valence-corrected chi connectivity index (χ3v) is 2.98. The van der Waals surface area contributed by atoms with E-state index in [4.69, 9.17) is 19.6 Å². The van der Waals surface area contributed by atoms with Gasteiger partial charge in [-0.05, 0) is 48.0 Å². The Balaban J connectivity index is 2.47. The number of rotatable bonds is 5. The predicted molar refractivity (Wildman–Crippen MR) is 78.6 cm³/mol. The van der Waals surface area contributed by atoms with Crippen LogP contribution in [0, 0.1) is 0 Å². The predicted octanol–water partition coefficient (Wildman–Crippen LogP) is 4.09. The topological polar surface area (TPSA) is 57.6 Å². The van der Waals surface area contributed by atoms with Crippen molar-refractivity contribution in [2.75, 3.05) is 18.9 Å². The highest BCUT2D eigenvalue weighted by Crippen LogP contribution is 2.38. The van der Waals surface area contributed by atoms with Crippen LogP contribution in [0.25, 0.3) is 11.3 Å². The van der Waals surface area contributed by atoms with Crippen LogP contribution in [0.2, 0.25) is 0 Å². The summed E-state index contributed by atoms with van der Waals surface area (Å²) in [6.07, 6.45) is 0. The van der Waals surface area contributed by atoms with Crippen LogP contribution in [0.1, 0.15) is 13.8 Å². The van der Waals surface area contributed by atoms with Crippen LogP contribution in [0.3, 0.4) is 0 Å². The molecule has 5 heteroatoms. The molecule has 0 radical (unpaired) electrons. The summed E-state index contributed by atoms with van der Waals surface area (Å²) in [5.41, 5.74) is 7.43. The summed E-state index contributed by atoms with van der Waals surface area (Å²) < 4.78 is 17.3. The van der Waals surface area contributed by atoms with Gasteiger partial charge < -0.3 is 19.6 Å². The van der Waals surface area contributed by atoms with E-state index in [2.05, 4.69) is 15.9 Å². The Kier molecular flexibility index (Phi) is 4.37. The zero-order chi connectivity index (χ0) is 13.8. The van der Waals surface area contributed by atoms with Crippen molar-refractivity contribution < 1.29 is 13.9 Å². The van der Waals surface area contributed by atoms with Crippen molar-refractivity contribution in [2.45, 2.75) is 13.8 Å². The maximum atomic E-state index is 6.05. The quantitative estimate of drug-likeness (QED) is 0.841. The standard InChI is InChI=1S/C14H16BrNO3/c1-3-17-12-7-9(11-5-6-14(15)19-11)10(16)8-13(12)18-4-2/h5-8H,3-4,16H2,1-2H3. The molecule has 0 aliphatic heterocycles. The molecule has 4 nitrogen and oxygen atoms in total. The van der Waals surface area contributed by atoms with Crippen LogP contribution in [0.4, 0.5) is 5.69 Å². The van der Waals surface area contributed by atoms with Crippen molar-refractivity contribution in [3.8, 4) is 22.8 Å². The second-order valence-electron chi connectivity index (χ2n) is 3.86. The molecule has 0 saturated heterocycles. The van der Waals surface area contributed by atoms with Gasteiger partial charge in [0.1, 0.15) is 5.76 Å². The first kappa shape index (κ1) is 13.8. The SMILES string of the molecule is CCOc1cc(N)c(-c2ccc(Br)o2)cc1OCC. The monoisotopic (exact) mass is 325 g/mol. The third-order valence-electron chi connectivity index (χ3n) is 2.55. The Morgan fingerprint density at radius 2 is 1.74 bits per heavy atom. The van der Waals surface area contributed by atoms with Crippen LogP contribution in [0.5, 0.6) is 11.5 Å². The summed E-state index contributed by atoms with van der Waals surface area (Å²) in [6, 6.07) is 7.28. The summed E-state index contributed by atoms with van der Waals surface area (Å²) in [4.78, 5) is 0. The van der Waals surface area contributed by atoms with E-state index < -0.39 is 0 Å². The smallest absolute Gasteiger partial charge is 0.169 e. The molecule has 19 heavy (non-hydrogen) atoms. The molecule has 0 fully saturated rings. The minimum atomic E-state index is 0.561. The van der Waals surface area contributed by atoms with E-state index in [1.807, 2.05) is 32.0 Å². The molecule has 0 amide bonds. The number of hydrogen-bond donors (Lipinski definition) is 1. The van der Waals surface area contributed by atoms with Crippen molar-refractivity contribution in [2.24, 2.45) is 0 Å². The molecule has 0 unspecified atom stereocenters. The second kappa shape index (κ2) is 6.02. The van der Waals surface area contributed by atoms with Crippen molar-refractivity contribution >= 4 is 21.6 Å². The number of halogens is 1. The van der Waals surface area contributed by atoms with Gasteiger partial charge in [-0.2, -0.15) is 0 Å². The minimum Gasteiger partial charge on any atom is -0.490 e. The first-order valence-corrected chi connectivity index (χ1v) is 6.89. The van der Waals surface area contributed by atoms with Gasteiger partial charge in [-0.3, -0.25) is 0 Å². The average Bonchev–Trinajstić information content (AvgIpc) is 2.79. The Labute approximate surface area is 120 Å². The number of benzene rings is 1. The van der Waals surface area contributed by atoms with Crippen molar-refractivity contribution in [1.29, 1.82) is 0 Å². The van der Waals surface area contributed by atoms with Gasteiger partial charge >= 0.3 is 0 Å². The molecule has 0 atom stereocenters. The molecule has 0 spiro atoms. The normalized spacial score (nSPS) is 10.5. The largest absolute Gasteiger partial charge is 0.490 e. The fourth-order valence-electron chi connectivity index (χ4n) is 1.78. The number of furan rings is 1. The minimum absolute atomic E-state index is 0.561. The number of nitrogen functional groups attached to an aromatic ring is 1. The van der Waals surface area contributed by atoms with Crippen LogP contribution >= 0.6 is 15.9 Å². The lowest BCUT2D eigenvalue weighted by Crippen LogP contribution is -2.00. The van der Waals surface area contributed by atoms with Crippen LogP contribution < -0.4 is 15.2 Å². The Bertz CT molecular complexity index is 566. The fraction of sp³-hybridized carbons (Fsp3) is 0.286. The Hall–Kier alpha value is -1.62. The van der Waals surface area contributed by atoms with Gasteiger partial charge in [-0.25, -0.2) is 0 Å². The maximum Gasteiger partial charge on any atom is 0.169 e. The highest BCUT2D eigenvalue weighted by Gasteiger charge is 2.14. The number of anilines is 1. The number of nitrogens with two attached hydrogens (primary N) is 1. The molecule has 1 aromatic heterocycles. The lowest BCUT2D eigenvalue weighted by atomic mass is 10.1. The molecule has 2 N–H and O–H groups in total. The van der Waals surface area contributed by atoms with Gasteiger partial charge in [0.05, 0.1) is 13.2 Å². The van der Waals surface area contributed by atoms with E-state index in [1.54, 1.807) is 6.07 Å². The van der Waals surface area contributed by atoms with E-state index in [9.17, 15) is 0 Å². The van der Waals surface area contributed by atoms with Crippen molar-refractivity contribution in [3.63, 3.8) is 0 Å². The summed E-state index contributed by atoms with van der Waals surface area (Å²) in [5.74, 6) is 2.01. The molecule has 0 bridgehead atoms. The third kappa shape index (κ3) is 3.04. The fourth-order valence-corrected chi connectivity index (χ4v) is 2.09. The first-order chi connectivity index (χ1) is 9.15. The lowest BCUT2D eigenvalue weighted by Gasteiger charge is -2.13. The zero-order valence-corrected chi connectivity index (χ0v) is 12.5. The van der Waals surface area contributed by atoms with Crippen molar-refractivity contribution in [3.05, 3.63) is 28.9 Å². The molecule has 102 valence electrons. The van der Waals surface area contributed by atoms with Crippen LogP contribution in [-0.2, 0) is 0 Å². The Morgan fingerprint density at radius 3 is 2.26 bits per heavy atom. The van der Waals surface area contributed by atoms with Gasteiger partial charge in [0.25, 0.3) is 0 Å². The first-order valence-electron chi connectivity index (χ1n) is 6.10. The molecule has 1 aromatic carbocycles. The van der Waals surface area contributed by atoms with E-state index in [0.717, 1.165) is 5.56 Å². The number of hydrogen-bond acceptors (Lipinski definition) is 4. The highest BCUT2D eigenvalue weighted by atomic mass is 79.9. The summed E-state index contributed by atoms with van der Waals surface area (Å²) in [7, 11) is 0. The van der Waals surface area contributed by atoms with Gasteiger partial charge in [-0.1, -0.05) is 0 Å². The highest BCUT2D eigenvalue weighted by molar-refractivity contribution is 9.10. The molecule has 0 aliphatic carbocycles. The van der Waals surface area contributed by atoms with Gasteiger partial charge in [0, 0.05) is 17.3 Å². The molecular formula is C14H16BrNO3. The molecular weight excluding hydrogens is 310 g/mol. The summed E-state index contributed by atoms with van der Waals surface area (Å²) in [6.45, 7) is 4.97. The Morgan fingerprint density at radius 1 is 1.11 bits per heavy atom. The van der Waals surface area contributed by atoms with E-state index in [0.29, 0.717) is 40.8 Å². The average molecular weight is 326 g/mol. The summed E-state index contributed by atoms with van der Waals surface area (Å²) in [5, 5.41) is 0. The molecule has 2 rings (SSSR count). The molecule has 2 aromatic rings. The van der Waals surface area contributed by atoms with E-state index in [1.165, 1.54) is 0 Å². The number of ether oxygens (including phenoxy) is 2.